The molecule has 0 saturated heterocycles. The van der Waals surface area contributed by atoms with E-state index in [2.05, 4.69) is 22.2 Å². The topological polar surface area (TPSA) is 0 Å². The highest BCUT2D eigenvalue weighted by Crippen LogP contribution is 2.03. The van der Waals surface area contributed by atoms with Crippen LogP contribution in [0.5, 0.6) is 0 Å². The molecule has 0 heterocycles. The van der Waals surface area contributed by atoms with Gasteiger partial charge in [-0.25, -0.2) is 0 Å². The third kappa shape index (κ3) is 8.17. The van der Waals surface area contributed by atoms with E-state index in [1.54, 1.807) is 0 Å². The Morgan fingerprint density at radius 1 is 1.22 bits per heavy atom. The molecule has 0 aromatic rings. The Morgan fingerprint density at radius 3 is 2.56 bits per heavy atom. The average molecular weight is 144 g/mol. The molecule has 0 saturated carbocycles. The van der Waals surface area contributed by atoms with Crippen LogP contribution in [0.4, 0.5) is 0 Å². The van der Waals surface area contributed by atoms with Gasteiger partial charge in [0, 0.05) is 0 Å². The van der Waals surface area contributed by atoms with Crippen LogP contribution in [0, 0.1) is 0 Å². The molecule has 0 rings (SSSR count). The smallest absolute Gasteiger partial charge is 0.0347 e. The van der Waals surface area contributed by atoms with Crippen LogP contribution in [-0.2, 0) is 0 Å². The molecule has 0 nitrogen and oxygen atoms in total. The molecule has 0 aliphatic heterocycles. The van der Waals surface area contributed by atoms with Crippen molar-refractivity contribution >= 4 is 9.24 Å². The molecule has 0 aliphatic rings. The second-order valence-electron chi connectivity index (χ2n) is 2.28. The van der Waals surface area contributed by atoms with E-state index >= 15 is 0 Å². The van der Waals surface area contributed by atoms with Crippen LogP contribution in [0.3, 0.4) is 0 Å². The fourth-order valence-corrected chi connectivity index (χ4v) is 0.978. The average Bonchev–Trinajstić information content (AvgIpc) is 1.89. The first-order chi connectivity index (χ1) is 4.41. The van der Waals surface area contributed by atoms with Gasteiger partial charge in [-0.1, -0.05) is 38.1 Å². The SMILES string of the molecule is CCCCCCC=CP. The molecular weight excluding hydrogens is 127 g/mol. The van der Waals surface area contributed by atoms with Crippen molar-refractivity contribution in [2.24, 2.45) is 0 Å². The first kappa shape index (κ1) is 9.17. The summed E-state index contributed by atoms with van der Waals surface area (Å²) in [5.41, 5.74) is 0. The van der Waals surface area contributed by atoms with Crippen LogP contribution >= 0.6 is 9.24 Å². The molecule has 9 heavy (non-hydrogen) atoms. The Kier molecular flexibility index (Phi) is 8.32. The maximum Gasteiger partial charge on any atom is -0.0347 e. The predicted octanol–water partition coefficient (Wildman–Crippen LogP) is 3.35. The van der Waals surface area contributed by atoms with Gasteiger partial charge in [0.2, 0.25) is 0 Å². The summed E-state index contributed by atoms with van der Waals surface area (Å²) in [4.78, 5) is 0. The second kappa shape index (κ2) is 8.17. The summed E-state index contributed by atoms with van der Waals surface area (Å²) in [7, 11) is 2.60. The van der Waals surface area contributed by atoms with Crippen molar-refractivity contribution in [2.45, 2.75) is 39.0 Å². The van der Waals surface area contributed by atoms with Crippen LogP contribution in [0.15, 0.2) is 11.9 Å². The Labute approximate surface area is 60.9 Å². The number of hydrogen-bond donors (Lipinski definition) is 0. The Hall–Kier alpha value is 0.170. The third-order valence-corrected chi connectivity index (χ3v) is 1.63. The molecule has 0 N–H and O–H groups in total. The standard InChI is InChI=1S/C8H17P/c1-2-3-4-5-6-7-8-9/h7-8H,2-6,9H2,1H3. The summed E-state index contributed by atoms with van der Waals surface area (Å²) >= 11 is 0. The van der Waals surface area contributed by atoms with Crippen LogP contribution in [0.1, 0.15) is 39.0 Å². The van der Waals surface area contributed by atoms with Gasteiger partial charge in [0.25, 0.3) is 0 Å². The first-order valence-corrected chi connectivity index (χ1v) is 4.45. The van der Waals surface area contributed by atoms with Crippen LogP contribution in [0.2, 0.25) is 0 Å². The van der Waals surface area contributed by atoms with E-state index in [0.29, 0.717) is 0 Å². The molecule has 1 atom stereocenters. The van der Waals surface area contributed by atoms with E-state index in [4.69, 9.17) is 0 Å². The normalized spacial score (nSPS) is 10.9. The van der Waals surface area contributed by atoms with Crippen molar-refractivity contribution in [3.8, 4) is 0 Å². The van der Waals surface area contributed by atoms with E-state index in [1.807, 2.05) is 5.82 Å². The van der Waals surface area contributed by atoms with Gasteiger partial charge in [0.15, 0.2) is 0 Å². The van der Waals surface area contributed by atoms with Crippen molar-refractivity contribution in [3.05, 3.63) is 11.9 Å². The zero-order valence-corrected chi connectivity index (χ0v) is 7.42. The fourth-order valence-electron chi connectivity index (χ4n) is 0.785. The van der Waals surface area contributed by atoms with Gasteiger partial charge in [-0.15, -0.1) is 9.24 Å². The van der Waals surface area contributed by atoms with Gasteiger partial charge < -0.3 is 0 Å². The van der Waals surface area contributed by atoms with E-state index < -0.39 is 0 Å². The monoisotopic (exact) mass is 144 g/mol. The molecule has 0 radical (unpaired) electrons. The van der Waals surface area contributed by atoms with Crippen molar-refractivity contribution in [1.29, 1.82) is 0 Å². The predicted molar refractivity (Wildman–Crippen MR) is 47.6 cm³/mol. The molecule has 0 aromatic carbocycles. The van der Waals surface area contributed by atoms with Gasteiger partial charge in [-0.3, -0.25) is 0 Å². The summed E-state index contributed by atoms with van der Waals surface area (Å²) in [5.74, 6) is 2.05. The summed E-state index contributed by atoms with van der Waals surface area (Å²) < 4.78 is 0. The Balaban J connectivity index is 2.75. The van der Waals surface area contributed by atoms with Crippen molar-refractivity contribution in [1.82, 2.24) is 0 Å². The van der Waals surface area contributed by atoms with E-state index in [9.17, 15) is 0 Å². The van der Waals surface area contributed by atoms with Gasteiger partial charge >= 0.3 is 0 Å². The molecule has 0 bridgehead atoms. The number of allylic oxidation sites excluding steroid dienone is 1. The summed E-state index contributed by atoms with van der Waals surface area (Å²) in [6.45, 7) is 2.24. The van der Waals surface area contributed by atoms with Crippen LogP contribution in [-0.4, -0.2) is 0 Å². The molecule has 1 unspecified atom stereocenters. The van der Waals surface area contributed by atoms with Crippen molar-refractivity contribution < 1.29 is 0 Å². The Bertz CT molecular complexity index is 67.0. The fraction of sp³-hybridized carbons (Fsp3) is 0.750. The van der Waals surface area contributed by atoms with Crippen molar-refractivity contribution in [2.75, 3.05) is 0 Å². The minimum absolute atomic E-state index is 1.25. The molecule has 0 spiro atoms. The lowest BCUT2D eigenvalue weighted by Crippen LogP contribution is -1.72. The first-order valence-electron chi connectivity index (χ1n) is 3.78. The maximum absolute atomic E-state index is 2.60. The number of unbranched alkanes of at least 4 members (excludes halogenated alkanes) is 4. The molecule has 0 aliphatic carbocycles. The highest BCUT2D eigenvalue weighted by Gasteiger charge is 1.82. The summed E-state index contributed by atoms with van der Waals surface area (Å²) in [6.07, 6.45) is 8.95. The maximum atomic E-state index is 2.60. The van der Waals surface area contributed by atoms with Crippen LogP contribution in [0.25, 0.3) is 0 Å². The lowest BCUT2D eigenvalue weighted by Gasteiger charge is -1.92. The Morgan fingerprint density at radius 2 is 2.00 bits per heavy atom. The number of rotatable bonds is 5. The van der Waals surface area contributed by atoms with Crippen LogP contribution < -0.4 is 0 Å². The van der Waals surface area contributed by atoms with Gasteiger partial charge in [-0.05, 0) is 12.8 Å². The van der Waals surface area contributed by atoms with Gasteiger partial charge in [0.05, 0.1) is 0 Å². The van der Waals surface area contributed by atoms with Gasteiger partial charge in [-0.2, -0.15) is 0 Å². The second-order valence-corrected chi connectivity index (χ2v) is 2.66. The number of hydrogen-bond acceptors (Lipinski definition) is 0. The minimum atomic E-state index is 1.25. The van der Waals surface area contributed by atoms with E-state index in [0.717, 1.165) is 0 Å². The summed E-state index contributed by atoms with van der Waals surface area (Å²) in [5, 5.41) is 0. The van der Waals surface area contributed by atoms with Crippen molar-refractivity contribution in [3.63, 3.8) is 0 Å². The zero-order valence-electron chi connectivity index (χ0n) is 6.27. The molecule has 0 fully saturated rings. The highest BCUT2D eigenvalue weighted by atomic mass is 31.0. The minimum Gasteiger partial charge on any atom is -0.114 e. The lowest BCUT2D eigenvalue weighted by atomic mass is 10.2. The third-order valence-electron chi connectivity index (χ3n) is 1.36. The van der Waals surface area contributed by atoms with E-state index in [1.165, 1.54) is 32.1 Å². The largest absolute Gasteiger partial charge is 0.114 e. The molecule has 54 valence electrons. The zero-order chi connectivity index (χ0) is 6.95. The highest BCUT2D eigenvalue weighted by molar-refractivity contribution is 7.20. The molecule has 0 aromatic heterocycles. The van der Waals surface area contributed by atoms with E-state index in [-0.39, 0.29) is 0 Å². The lowest BCUT2D eigenvalue weighted by molar-refractivity contribution is 0.675. The van der Waals surface area contributed by atoms with Gasteiger partial charge in [0.1, 0.15) is 0 Å². The molecule has 0 amide bonds. The summed E-state index contributed by atoms with van der Waals surface area (Å²) in [6, 6.07) is 0. The molecular formula is C8H17P. The quantitative estimate of drug-likeness (QED) is 0.410. The molecule has 1 heteroatoms.